The summed E-state index contributed by atoms with van der Waals surface area (Å²) in [5, 5.41) is 13.7. The van der Waals surface area contributed by atoms with Gasteiger partial charge in [-0.1, -0.05) is 6.07 Å². The molecule has 7 nitrogen and oxygen atoms in total. The zero-order valence-electron chi connectivity index (χ0n) is 13.8. The van der Waals surface area contributed by atoms with Crippen LogP contribution in [0.1, 0.15) is 21.8 Å². The lowest BCUT2D eigenvalue weighted by Crippen LogP contribution is -2.28. The number of rotatable bonds is 5. The first-order valence-electron chi connectivity index (χ1n) is 7.63. The van der Waals surface area contributed by atoms with E-state index in [1.807, 2.05) is 6.07 Å². The maximum absolute atomic E-state index is 12.4. The smallest absolute Gasteiger partial charge is 0.293 e. The molecule has 1 N–H and O–H groups in total. The highest BCUT2D eigenvalue weighted by molar-refractivity contribution is 7.14. The first-order chi connectivity index (χ1) is 12.6. The van der Waals surface area contributed by atoms with Crippen molar-refractivity contribution in [2.45, 2.75) is 6.42 Å². The lowest BCUT2D eigenvalue weighted by molar-refractivity contribution is -0.117. The Morgan fingerprint density at radius 1 is 1.35 bits per heavy atom. The molecule has 2 amide bonds. The summed E-state index contributed by atoms with van der Waals surface area (Å²) in [6.45, 7) is 0. The third-order valence-corrected chi connectivity index (χ3v) is 4.39. The largest absolute Gasteiger partial charge is 0.459 e. The third-order valence-electron chi connectivity index (χ3n) is 3.59. The van der Waals surface area contributed by atoms with Crippen LogP contribution < -0.4 is 10.2 Å². The molecule has 8 heteroatoms. The summed E-state index contributed by atoms with van der Waals surface area (Å²) >= 11 is 1.23. The minimum Gasteiger partial charge on any atom is -0.459 e. The Balaban J connectivity index is 1.64. The van der Waals surface area contributed by atoms with Gasteiger partial charge >= 0.3 is 0 Å². The van der Waals surface area contributed by atoms with E-state index in [0.29, 0.717) is 22.1 Å². The van der Waals surface area contributed by atoms with Crippen LogP contribution in [0.2, 0.25) is 0 Å². The van der Waals surface area contributed by atoms with E-state index >= 15 is 0 Å². The zero-order valence-corrected chi connectivity index (χ0v) is 14.6. The monoisotopic (exact) mass is 366 g/mol. The molecular formula is C18H14N4O3S. The molecule has 0 aliphatic heterocycles. The number of thiazole rings is 1. The number of benzene rings is 1. The summed E-state index contributed by atoms with van der Waals surface area (Å²) in [6.07, 6.45) is 1.50. The summed E-state index contributed by atoms with van der Waals surface area (Å²) in [5.41, 5.74) is 1.67. The second-order valence-electron chi connectivity index (χ2n) is 5.37. The molecule has 0 spiro atoms. The number of nitrogens with one attached hydrogen (secondary N) is 1. The maximum atomic E-state index is 12.4. The first-order valence-corrected chi connectivity index (χ1v) is 8.51. The van der Waals surface area contributed by atoms with Crippen molar-refractivity contribution in [1.82, 2.24) is 4.98 Å². The van der Waals surface area contributed by atoms with E-state index in [2.05, 4.69) is 10.3 Å². The number of hydrogen-bond acceptors (Lipinski definition) is 6. The van der Waals surface area contributed by atoms with Crippen LogP contribution in [-0.2, 0) is 11.2 Å². The number of carbonyl (C=O) groups is 2. The average Bonchev–Trinajstić information content (AvgIpc) is 3.33. The fraction of sp³-hybridized carbons (Fsp3) is 0.111. The molecule has 0 atom stereocenters. The van der Waals surface area contributed by atoms with E-state index in [1.54, 1.807) is 48.8 Å². The maximum Gasteiger partial charge on any atom is 0.293 e. The van der Waals surface area contributed by atoms with E-state index in [1.165, 1.54) is 22.5 Å². The lowest BCUT2D eigenvalue weighted by Gasteiger charge is -2.16. The molecule has 0 aliphatic rings. The molecule has 2 heterocycles. The predicted molar refractivity (Wildman–Crippen MR) is 97.0 cm³/mol. The van der Waals surface area contributed by atoms with Crippen LogP contribution in [0.25, 0.3) is 0 Å². The fourth-order valence-electron chi connectivity index (χ4n) is 2.21. The van der Waals surface area contributed by atoms with Gasteiger partial charge in [-0.05, 0) is 30.3 Å². The van der Waals surface area contributed by atoms with Gasteiger partial charge in [0.05, 0.1) is 30.0 Å². The van der Waals surface area contributed by atoms with E-state index in [9.17, 15) is 9.59 Å². The predicted octanol–water partition coefficient (Wildman–Crippen LogP) is 3.07. The molecule has 2 aromatic heterocycles. The van der Waals surface area contributed by atoms with Crippen molar-refractivity contribution < 1.29 is 14.0 Å². The minimum absolute atomic E-state index is 0.0837. The van der Waals surface area contributed by atoms with Gasteiger partial charge in [-0.2, -0.15) is 5.26 Å². The summed E-state index contributed by atoms with van der Waals surface area (Å²) in [6, 6.07) is 12.0. The van der Waals surface area contributed by atoms with Crippen LogP contribution >= 0.6 is 11.3 Å². The number of hydrogen-bond donors (Lipinski definition) is 1. The number of nitrogens with zero attached hydrogens (tertiary/aromatic N) is 3. The highest BCUT2D eigenvalue weighted by Gasteiger charge is 2.16. The van der Waals surface area contributed by atoms with Crippen molar-refractivity contribution in [1.29, 1.82) is 5.26 Å². The van der Waals surface area contributed by atoms with E-state index < -0.39 is 5.91 Å². The van der Waals surface area contributed by atoms with Crippen LogP contribution in [0.5, 0.6) is 0 Å². The standard InChI is InChI=1S/C18H14N4O3S/c1-22(14-5-2-4-12(8-14)10-19)16(23)9-13-11-26-18(20-13)21-17(24)15-6-3-7-25-15/h2-8,11H,9H2,1H3,(H,20,21,24). The molecule has 0 saturated heterocycles. The Morgan fingerprint density at radius 2 is 2.19 bits per heavy atom. The van der Waals surface area contributed by atoms with Crippen LogP contribution in [-0.4, -0.2) is 23.8 Å². The molecule has 0 aliphatic carbocycles. The Kier molecular flexibility index (Phi) is 5.10. The van der Waals surface area contributed by atoms with Gasteiger partial charge in [-0.15, -0.1) is 11.3 Å². The normalized spacial score (nSPS) is 10.2. The van der Waals surface area contributed by atoms with Gasteiger partial charge < -0.3 is 9.32 Å². The van der Waals surface area contributed by atoms with Gasteiger partial charge in [-0.25, -0.2) is 4.98 Å². The average molecular weight is 366 g/mol. The summed E-state index contributed by atoms with van der Waals surface area (Å²) in [4.78, 5) is 30.1. The molecule has 1 aromatic carbocycles. The number of nitriles is 1. The molecule has 0 unspecified atom stereocenters. The lowest BCUT2D eigenvalue weighted by atomic mass is 10.2. The molecular weight excluding hydrogens is 352 g/mol. The number of furan rings is 1. The number of likely N-dealkylation sites (N-methyl/N-ethyl adjacent to an activating group) is 1. The van der Waals surface area contributed by atoms with Crippen molar-refractivity contribution in [2.24, 2.45) is 0 Å². The fourth-order valence-corrected chi connectivity index (χ4v) is 2.92. The van der Waals surface area contributed by atoms with Gasteiger partial charge in [-0.3, -0.25) is 14.9 Å². The molecule has 0 bridgehead atoms. The number of carbonyl (C=O) groups excluding carboxylic acids is 2. The summed E-state index contributed by atoms with van der Waals surface area (Å²) in [7, 11) is 1.64. The number of amides is 2. The third kappa shape index (κ3) is 3.96. The summed E-state index contributed by atoms with van der Waals surface area (Å²) in [5.74, 6) is -0.378. The molecule has 26 heavy (non-hydrogen) atoms. The SMILES string of the molecule is CN(C(=O)Cc1csc(NC(=O)c2ccco2)n1)c1cccc(C#N)c1. The van der Waals surface area contributed by atoms with Gasteiger partial charge in [0.15, 0.2) is 10.9 Å². The molecule has 130 valence electrons. The molecule has 0 saturated carbocycles. The Bertz CT molecular complexity index is 972. The van der Waals surface area contributed by atoms with Gasteiger partial charge in [0.25, 0.3) is 5.91 Å². The first kappa shape index (κ1) is 17.4. The number of anilines is 2. The minimum atomic E-state index is -0.396. The van der Waals surface area contributed by atoms with Crippen molar-refractivity contribution >= 4 is 34.0 Å². The van der Waals surface area contributed by atoms with Crippen molar-refractivity contribution in [3.8, 4) is 6.07 Å². The van der Waals surface area contributed by atoms with Crippen LogP contribution in [0.3, 0.4) is 0 Å². The van der Waals surface area contributed by atoms with Gasteiger partial charge in [0.2, 0.25) is 5.91 Å². The number of aromatic nitrogens is 1. The second-order valence-corrected chi connectivity index (χ2v) is 6.23. The molecule has 3 aromatic rings. The molecule has 0 radical (unpaired) electrons. The Hall–Kier alpha value is -3.44. The second kappa shape index (κ2) is 7.63. The highest BCUT2D eigenvalue weighted by Crippen LogP contribution is 2.19. The van der Waals surface area contributed by atoms with Gasteiger partial charge in [0.1, 0.15) is 0 Å². The van der Waals surface area contributed by atoms with Crippen LogP contribution in [0, 0.1) is 11.3 Å². The van der Waals surface area contributed by atoms with Crippen molar-refractivity contribution in [2.75, 3.05) is 17.3 Å². The van der Waals surface area contributed by atoms with Crippen LogP contribution in [0.4, 0.5) is 10.8 Å². The topological polar surface area (TPSA) is 99.2 Å². The van der Waals surface area contributed by atoms with E-state index in [0.717, 1.165) is 0 Å². The van der Waals surface area contributed by atoms with E-state index in [-0.39, 0.29) is 18.1 Å². The molecule has 0 fully saturated rings. The summed E-state index contributed by atoms with van der Waals surface area (Å²) < 4.78 is 5.02. The van der Waals surface area contributed by atoms with Crippen molar-refractivity contribution in [3.63, 3.8) is 0 Å². The Morgan fingerprint density at radius 3 is 2.92 bits per heavy atom. The zero-order chi connectivity index (χ0) is 18.5. The highest BCUT2D eigenvalue weighted by atomic mass is 32.1. The van der Waals surface area contributed by atoms with Gasteiger partial charge in [0, 0.05) is 18.1 Å². The van der Waals surface area contributed by atoms with Crippen LogP contribution in [0.15, 0.2) is 52.5 Å². The quantitative estimate of drug-likeness (QED) is 0.748. The van der Waals surface area contributed by atoms with E-state index in [4.69, 9.17) is 9.68 Å². The Labute approximate surface area is 153 Å². The molecule has 3 rings (SSSR count). The van der Waals surface area contributed by atoms with Crippen molar-refractivity contribution in [3.05, 3.63) is 65.1 Å².